The molecule has 9 aliphatic rings. The molecule has 0 aromatic heterocycles. The van der Waals surface area contributed by atoms with E-state index in [1.165, 1.54) is 261 Å². The summed E-state index contributed by atoms with van der Waals surface area (Å²) < 4.78 is 0. The molecule has 0 amide bonds. The fourth-order valence-corrected chi connectivity index (χ4v) is 23.7. The minimum atomic E-state index is 0.0366. The third-order valence-electron chi connectivity index (χ3n) is 28.5. The average Bonchev–Trinajstić information content (AvgIpc) is 0.664. The fraction of sp³-hybridized carbons (Fsp3) is 0.0172. The van der Waals surface area contributed by atoms with Crippen molar-refractivity contribution in [3.05, 3.63) is 418 Å². The van der Waals surface area contributed by atoms with Crippen LogP contribution >= 0.6 is 0 Å². The number of aryl methyl sites for hydroxylation is 2. The SMILES string of the molecule is Cc1ccc2c(c1)-c1cccc3c1B1c4c(cccc4N3c3ccc(-c4ccccc4)cc3)-c3ccccc3N12.Cc1ccc2c(c1)-c1cccc3c1B1c4c(cccc4N3c3ccccc3)-c3ccccc3N12.c1ccc(-c2cccc(N3c4ccc5c6ccccc6c6cccc7c6c5c4B4c5c3ccc3c6ccccc6c6cccc(c6c53)N47)c2)cc1. The van der Waals surface area contributed by atoms with Gasteiger partial charge in [0.15, 0.2) is 0 Å². The van der Waals surface area contributed by atoms with Crippen LogP contribution in [-0.4, -0.2) is 20.5 Å². The van der Waals surface area contributed by atoms with Crippen LogP contribution in [0.25, 0.3) is 131 Å². The van der Waals surface area contributed by atoms with Gasteiger partial charge in [-0.25, -0.2) is 0 Å². The number of hydrogen-bond donors (Lipinski definition) is 0. The molecule has 6 nitrogen and oxygen atoms in total. The lowest BCUT2D eigenvalue weighted by Gasteiger charge is -2.49. The first-order valence-electron chi connectivity index (χ1n) is 43.8. The highest BCUT2D eigenvalue weighted by atomic mass is 15.2. The Kier molecular flexibility index (Phi) is 14.3. The number of nitrogens with zero attached hydrogens (tertiary/aromatic N) is 6. The fourth-order valence-electron chi connectivity index (χ4n) is 23.7. The van der Waals surface area contributed by atoms with Gasteiger partial charge in [-0.05, 0) is 266 Å². The molecule has 0 saturated heterocycles. The summed E-state index contributed by atoms with van der Waals surface area (Å²) in [6, 6.07) is 151. The van der Waals surface area contributed by atoms with Gasteiger partial charge in [-0.2, -0.15) is 0 Å². The van der Waals surface area contributed by atoms with Crippen LogP contribution in [0.5, 0.6) is 0 Å². The highest BCUT2D eigenvalue weighted by molar-refractivity contribution is 6.98. The van der Waals surface area contributed by atoms with Crippen LogP contribution in [-0.2, 0) is 0 Å². The van der Waals surface area contributed by atoms with Gasteiger partial charge in [0.2, 0.25) is 0 Å². The van der Waals surface area contributed by atoms with E-state index in [0.717, 1.165) is 0 Å². The van der Waals surface area contributed by atoms with Crippen molar-refractivity contribution >= 4 is 203 Å². The van der Waals surface area contributed by atoms with Gasteiger partial charge in [0.1, 0.15) is 0 Å². The van der Waals surface area contributed by atoms with E-state index in [4.69, 9.17) is 0 Å². The molecule has 0 spiro atoms. The summed E-state index contributed by atoms with van der Waals surface area (Å²) in [7, 11) is 0. The molecule has 21 aromatic rings. The van der Waals surface area contributed by atoms with E-state index in [2.05, 4.69) is 449 Å². The van der Waals surface area contributed by atoms with Crippen molar-refractivity contribution in [2.24, 2.45) is 0 Å². The maximum atomic E-state index is 2.70. The van der Waals surface area contributed by atoms with E-state index in [9.17, 15) is 0 Å². The van der Waals surface area contributed by atoms with Gasteiger partial charge >= 0.3 is 20.5 Å². The van der Waals surface area contributed by atoms with Crippen molar-refractivity contribution < 1.29 is 0 Å². The van der Waals surface area contributed by atoms with Crippen LogP contribution in [0.4, 0.5) is 85.3 Å². The maximum absolute atomic E-state index is 2.70. The van der Waals surface area contributed by atoms with Crippen LogP contribution in [0.2, 0.25) is 0 Å². The second-order valence-corrected chi connectivity index (χ2v) is 34.9. The lowest BCUT2D eigenvalue weighted by molar-refractivity contribution is 1.26. The molecule has 9 heteroatoms. The van der Waals surface area contributed by atoms with E-state index in [-0.39, 0.29) is 20.5 Å². The van der Waals surface area contributed by atoms with Crippen molar-refractivity contribution in [1.82, 2.24) is 0 Å². The molecule has 0 atom stereocenters. The molecule has 21 aromatic carbocycles. The van der Waals surface area contributed by atoms with Crippen LogP contribution in [0, 0.1) is 13.8 Å². The molecule has 9 aliphatic heterocycles. The number of benzene rings is 21. The average molecular weight is 1580 g/mol. The normalized spacial score (nSPS) is 13.7. The van der Waals surface area contributed by atoms with E-state index in [1.54, 1.807) is 0 Å². The Balaban J connectivity index is 0.0000000978. The van der Waals surface area contributed by atoms with Crippen molar-refractivity contribution in [1.29, 1.82) is 0 Å². The van der Waals surface area contributed by atoms with E-state index < -0.39 is 0 Å². The quantitative estimate of drug-likeness (QED) is 0.125. The molecule has 576 valence electrons. The monoisotopic (exact) mass is 1580 g/mol. The Morgan fingerprint density at radius 2 is 0.440 bits per heavy atom. The molecule has 0 unspecified atom stereocenters. The highest BCUT2D eigenvalue weighted by Crippen LogP contribution is 2.58. The molecular formula is C116H73B3N6. The smallest absolute Gasteiger partial charge is 0.333 e. The van der Waals surface area contributed by atoms with Crippen molar-refractivity contribution in [3.63, 3.8) is 0 Å². The van der Waals surface area contributed by atoms with E-state index in [0.29, 0.717) is 0 Å². The summed E-state index contributed by atoms with van der Waals surface area (Å²) in [6.07, 6.45) is 0. The van der Waals surface area contributed by atoms with Gasteiger partial charge in [0, 0.05) is 118 Å². The third-order valence-corrected chi connectivity index (χ3v) is 28.5. The van der Waals surface area contributed by atoms with Gasteiger partial charge in [0.25, 0.3) is 0 Å². The summed E-state index contributed by atoms with van der Waals surface area (Å²) >= 11 is 0. The first-order valence-corrected chi connectivity index (χ1v) is 43.8. The van der Waals surface area contributed by atoms with Gasteiger partial charge < -0.3 is 29.1 Å². The van der Waals surface area contributed by atoms with Gasteiger partial charge in [-0.1, -0.05) is 296 Å². The summed E-state index contributed by atoms with van der Waals surface area (Å²) in [5.41, 5.74) is 45.3. The second-order valence-electron chi connectivity index (χ2n) is 34.9. The van der Waals surface area contributed by atoms with Crippen LogP contribution in [0.1, 0.15) is 11.1 Å². The van der Waals surface area contributed by atoms with Crippen LogP contribution < -0.4 is 61.9 Å². The first-order chi connectivity index (χ1) is 61.9. The Morgan fingerprint density at radius 1 is 0.160 bits per heavy atom. The van der Waals surface area contributed by atoms with Crippen molar-refractivity contribution in [2.45, 2.75) is 13.8 Å². The van der Waals surface area contributed by atoms with Crippen LogP contribution in [0.3, 0.4) is 0 Å². The number of para-hydroxylation sites is 3. The topological polar surface area (TPSA) is 19.4 Å². The van der Waals surface area contributed by atoms with E-state index >= 15 is 0 Å². The first kappa shape index (κ1) is 68.9. The zero-order valence-corrected chi connectivity index (χ0v) is 68.6. The molecule has 0 fully saturated rings. The van der Waals surface area contributed by atoms with Gasteiger partial charge in [-0.15, -0.1) is 0 Å². The van der Waals surface area contributed by atoms with Crippen LogP contribution in [0.15, 0.2) is 406 Å². The van der Waals surface area contributed by atoms with Gasteiger partial charge in [0.05, 0.1) is 0 Å². The van der Waals surface area contributed by atoms with Crippen molar-refractivity contribution in [2.75, 3.05) is 29.1 Å². The second kappa shape index (κ2) is 25.9. The minimum absolute atomic E-state index is 0.0366. The molecule has 9 heterocycles. The summed E-state index contributed by atoms with van der Waals surface area (Å²) in [5.74, 6) is 0. The van der Waals surface area contributed by atoms with Gasteiger partial charge in [-0.3, -0.25) is 0 Å². The van der Waals surface area contributed by atoms with E-state index in [1.807, 2.05) is 0 Å². The molecule has 0 saturated carbocycles. The highest BCUT2D eigenvalue weighted by Gasteiger charge is 2.53. The molecule has 0 N–H and O–H groups in total. The molecular weight excluding hydrogens is 1510 g/mol. The Hall–Kier alpha value is -15.8. The molecule has 125 heavy (non-hydrogen) atoms. The third kappa shape index (κ3) is 9.40. The zero-order chi connectivity index (χ0) is 81.7. The molecule has 30 rings (SSSR count). The number of anilines is 15. The molecule has 0 radical (unpaired) electrons. The summed E-state index contributed by atoms with van der Waals surface area (Å²) in [5, 5.41) is 16.1. The Morgan fingerprint density at radius 3 is 0.904 bits per heavy atom. The Bertz CT molecular complexity index is 8170. The molecule has 0 aliphatic carbocycles. The standard InChI is InChI=1S/C48H27BN2.C37H25BN2.C31H21BN2/c1-2-11-28(12-3-1)29-13-8-14-30(27-29)50-41-25-23-37-33-17-6-4-15-31(33)35-19-9-21-39-43(35)45(37)47(41)49-48-42(50)26-24-38-34-18-7-5-16-32(34)36-20-10-22-40(51(39)49)44(36)46(38)48;1-24-17-22-33-31(23-24)30-13-8-16-35-37(30)38-36-29(28-11-5-6-14-32(28)40(33)38)12-7-15-34(36)39(35)27-20-18-26(19-21-27)25-9-3-2-4-10-25;1-20-17-18-27-25(19-20)24-13-8-16-29-31(24)32-30-23(22-11-5-6-14-26(22)34(27)32)12-7-15-28(30)33(29)21-9-3-2-4-10-21/h1-27H;2-23H,1H3;2-19H,1H3. The maximum Gasteiger partial charge on any atom is 0.333 e. The van der Waals surface area contributed by atoms with Crippen molar-refractivity contribution in [3.8, 4) is 66.8 Å². The summed E-state index contributed by atoms with van der Waals surface area (Å²) in [6.45, 7) is 4.70. The lowest BCUT2D eigenvalue weighted by atomic mass is 9.41. The number of rotatable bonds is 5. The largest absolute Gasteiger partial charge is 0.376 e. The predicted molar refractivity (Wildman–Crippen MR) is 532 cm³/mol. The number of fused-ring (bicyclic) bond motifs is 20. The molecule has 0 bridgehead atoms. The predicted octanol–water partition coefficient (Wildman–Crippen LogP) is 26.7. The Labute approximate surface area is 725 Å². The lowest BCUT2D eigenvalue weighted by Crippen LogP contribution is -2.63. The number of hydrogen-bond acceptors (Lipinski definition) is 6. The minimum Gasteiger partial charge on any atom is -0.376 e. The zero-order valence-electron chi connectivity index (χ0n) is 68.6. The summed E-state index contributed by atoms with van der Waals surface area (Å²) in [4.78, 5) is 15.4.